The molecule has 0 aromatic heterocycles. The molecule has 23 heavy (non-hydrogen) atoms. The SMILES string of the molecule is O=C(CN1C(=O)[C@H]2CC=CC[C@@H]2C1=O)Nc1ccc(F)c(Cl)c1. The van der Waals surface area contributed by atoms with Gasteiger partial charge in [0.15, 0.2) is 0 Å². The molecular weight excluding hydrogens is 323 g/mol. The van der Waals surface area contributed by atoms with Crippen molar-refractivity contribution in [2.75, 3.05) is 11.9 Å². The highest BCUT2D eigenvalue weighted by atomic mass is 35.5. The van der Waals surface area contributed by atoms with Gasteiger partial charge in [-0.2, -0.15) is 0 Å². The molecule has 1 aliphatic carbocycles. The standard InChI is InChI=1S/C16H14ClFN2O3/c17-12-7-9(5-6-13(12)18)19-14(21)8-20-15(22)10-3-1-2-4-11(10)16(20)23/h1-2,5-7,10-11H,3-4,8H2,(H,19,21)/t10-,11-/m0/s1. The molecule has 3 rings (SSSR count). The Labute approximate surface area is 137 Å². The third-order valence-corrected chi connectivity index (χ3v) is 4.39. The molecule has 1 aromatic rings. The Kier molecular flexibility index (Phi) is 4.17. The first-order chi connectivity index (χ1) is 11.0. The van der Waals surface area contributed by atoms with Crippen LogP contribution in [0.2, 0.25) is 5.02 Å². The molecular formula is C16H14ClFN2O3. The summed E-state index contributed by atoms with van der Waals surface area (Å²) in [4.78, 5) is 37.6. The van der Waals surface area contributed by atoms with Crippen LogP contribution in [0.1, 0.15) is 12.8 Å². The Balaban J connectivity index is 1.67. The van der Waals surface area contributed by atoms with Gasteiger partial charge in [0.2, 0.25) is 17.7 Å². The smallest absolute Gasteiger partial charge is 0.244 e. The van der Waals surface area contributed by atoms with E-state index >= 15 is 0 Å². The topological polar surface area (TPSA) is 66.5 Å². The van der Waals surface area contributed by atoms with Crippen molar-refractivity contribution in [3.63, 3.8) is 0 Å². The summed E-state index contributed by atoms with van der Waals surface area (Å²) < 4.78 is 13.1. The number of imide groups is 1. The van der Waals surface area contributed by atoms with Gasteiger partial charge in [-0.1, -0.05) is 23.8 Å². The molecule has 3 amide bonds. The van der Waals surface area contributed by atoms with Crippen molar-refractivity contribution in [3.8, 4) is 0 Å². The summed E-state index contributed by atoms with van der Waals surface area (Å²) in [6, 6.07) is 3.76. The quantitative estimate of drug-likeness (QED) is 0.680. The Bertz CT molecular complexity index is 693. The molecule has 2 atom stereocenters. The third kappa shape index (κ3) is 2.99. The largest absolute Gasteiger partial charge is 0.324 e. The predicted octanol–water partition coefficient (Wildman–Crippen LogP) is 2.37. The van der Waals surface area contributed by atoms with Crippen molar-refractivity contribution < 1.29 is 18.8 Å². The fourth-order valence-corrected chi connectivity index (χ4v) is 3.12. The Hall–Kier alpha value is -2.21. The van der Waals surface area contributed by atoms with Crippen LogP contribution in [0.25, 0.3) is 0 Å². The van der Waals surface area contributed by atoms with E-state index in [1.165, 1.54) is 12.1 Å². The minimum absolute atomic E-state index is 0.117. The lowest BCUT2D eigenvalue weighted by molar-refractivity contribution is -0.142. The number of benzene rings is 1. The van der Waals surface area contributed by atoms with E-state index in [1.54, 1.807) is 0 Å². The van der Waals surface area contributed by atoms with E-state index in [9.17, 15) is 18.8 Å². The van der Waals surface area contributed by atoms with Gasteiger partial charge in [-0.25, -0.2) is 4.39 Å². The lowest BCUT2D eigenvalue weighted by Crippen LogP contribution is -2.38. The average Bonchev–Trinajstić information content (AvgIpc) is 2.76. The van der Waals surface area contributed by atoms with E-state index in [2.05, 4.69) is 5.32 Å². The van der Waals surface area contributed by atoms with Crippen molar-refractivity contribution in [3.05, 3.63) is 41.2 Å². The zero-order valence-electron chi connectivity index (χ0n) is 12.1. The molecule has 1 N–H and O–H groups in total. The van der Waals surface area contributed by atoms with Gasteiger partial charge in [0.1, 0.15) is 12.4 Å². The van der Waals surface area contributed by atoms with E-state index in [1.807, 2.05) is 12.2 Å². The molecule has 120 valence electrons. The molecule has 1 saturated heterocycles. The number of likely N-dealkylation sites (tertiary alicyclic amines) is 1. The molecule has 7 heteroatoms. The van der Waals surface area contributed by atoms with Crippen molar-refractivity contribution in [1.82, 2.24) is 4.90 Å². The first-order valence-electron chi connectivity index (χ1n) is 7.22. The van der Waals surface area contributed by atoms with Crippen molar-refractivity contribution in [2.45, 2.75) is 12.8 Å². The zero-order valence-corrected chi connectivity index (χ0v) is 12.8. The number of anilines is 1. The van der Waals surface area contributed by atoms with Crippen LogP contribution in [-0.2, 0) is 14.4 Å². The number of hydrogen-bond acceptors (Lipinski definition) is 3. The first-order valence-corrected chi connectivity index (χ1v) is 7.60. The normalized spacial score (nSPS) is 23.1. The zero-order chi connectivity index (χ0) is 16.6. The van der Waals surface area contributed by atoms with Gasteiger partial charge >= 0.3 is 0 Å². The summed E-state index contributed by atoms with van der Waals surface area (Å²) in [5.74, 6) is -2.46. The highest BCUT2D eigenvalue weighted by molar-refractivity contribution is 6.31. The van der Waals surface area contributed by atoms with E-state index < -0.39 is 11.7 Å². The molecule has 1 aromatic carbocycles. The maximum absolute atomic E-state index is 13.1. The van der Waals surface area contributed by atoms with Crippen LogP contribution in [0, 0.1) is 17.7 Å². The monoisotopic (exact) mass is 336 g/mol. The minimum Gasteiger partial charge on any atom is -0.324 e. The minimum atomic E-state index is -0.592. The van der Waals surface area contributed by atoms with Gasteiger partial charge in [-0.05, 0) is 31.0 Å². The number of allylic oxidation sites excluding steroid dienone is 2. The molecule has 0 spiro atoms. The Morgan fingerprint density at radius 3 is 2.39 bits per heavy atom. The summed E-state index contributed by atoms with van der Waals surface area (Å²) in [5, 5.41) is 2.39. The molecule has 1 heterocycles. The Morgan fingerprint density at radius 2 is 1.83 bits per heavy atom. The maximum Gasteiger partial charge on any atom is 0.244 e. The molecule has 1 aliphatic heterocycles. The maximum atomic E-state index is 13.1. The second-order valence-electron chi connectivity index (χ2n) is 5.60. The summed E-state index contributed by atoms with van der Waals surface area (Å²) in [7, 11) is 0. The van der Waals surface area contributed by atoms with Gasteiger partial charge in [0.25, 0.3) is 0 Å². The first kappa shape index (κ1) is 15.7. The molecule has 0 bridgehead atoms. The second kappa shape index (κ2) is 6.12. The van der Waals surface area contributed by atoms with Gasteiger partial charge in [0.05, 0.1) is 16.9 Å². The predicted molar refractivity (Wildman–Crippen MR) is 82.1 cm³/mol. The number of amides is 3. The summed E-state index contributed by atoms with van der Waals surface area (Å²) in [6.07, 6.45) is 4.83. The van der Waals surface area contributed by atoms with Gasteiger partial charge in [0, 0.05) is 5.69 Å². The number of halogens is 2. The van der Waals surface area contributed by atoms with Crippen molar-refractivity contribution in [2.24, 2.45) is 11.8 Å². The van der Waals surface area contributed by atoms with Crippen LogP contribution in [0.5, 0.6) is 0 Å². The van der Waals surface area contributed by atoms with Gasteiger partial charge < -0.3 is 5.32 Å². The van der Waals surface area contributed by atoms with E-state index in [0.717, 1.165) is 11.0 Å². The van der Waals surface area contributed by atoms with E-state index in [-0.39, 0.29) is 35.2 Å². The van der Waals surface area contributed by atoms with Crippen LogP contribution in [0.15, 0.2) is 30.4 Å². The number of fused-ring (bicyclic) bond motifs is 1. The van der Waals surface area contributed by atoms with Crippen LogP contribution >= 0.6 is 11.6 Å². The van der Waals surface area contributed by atoms with E-state index in [4.69, 9.17) is 11.6 Å². The molecule has 2 aliphatic rings. The fourth-order valence-electron chi connectivity index (χ4n) is 2.94. The van der Waals surface area contributed by atoms with Crippen LogP contribution in [0.4, 0.5) is 10.1 Å². The average molecular weight is 337 g/mol. The number of carbonyl (C=O) groups excluding carboxylic acids is 3. The van der Waals surface area contributed by atoms with Gasteiger partial charge in [-0.3, -0.25) is 19.3 Å². The number of hydrogen-bond donors (Lipinski definition) is 1. The highest BCUT2D eigenvalue weighted by Crippen LogP contribution is 2.34. The number of rotatable bonds is 3. The van der Waals surface area contributed by atoms with E-state index in [0.29, 0.717) is 18.5 Å². The van der Waals surface area contributed by atoms with Crippen LogP contribution in [0.3, 0.4) is 0 Å². The number of carbonyl (C=O) groups is 3. The summed E-state index contributed by atoms with van der Waals surface area (Å²) in [6.45, 7) is -0.348. The van der Waals surface area contributed by atoms with Crippen LogP contribution in [-0.4, -0.2) is 29.2 Å². The molecule has 1 fully saturated rings. The van der Waals surface area contributed by atoms with Gasteiger partial charge in [-0.15, -0.1) is 0 Å². The lowest BCUT2D eigenvalue weighted by Gasteiger charge is -2.14. The highest BCUT2D eigenvalue weighted by Gasteiger charge is 2.47. The van der Waals surface area contributed by atoms with Crippen molar-refractivity contribution in [1.29, 1.82) is 0 Å². The van der Waals surface area contributed by atoms with Crippen molar-refractivity contribution >= 4 is 35.0 Å². The third-order valence-electron chi connectivity index (χ3n) is 4.10. The summed E-state index contributed by atoms with van der Waals surface area (Å²) in [5.41, 5.74) is 0.305. The molecule has 0 radical (unpaired) electrons. The number of nitrogens with zero attached hydrogens (tertiary/aromatic N) is 1. The molecule has 5 nitrogen and oxygen atoms in total. The molecule has 0 saturated carbocycles. The Morgan fingerprint density at radius 1 is 1.22 bits per heavy atom. The van der Waals surface area contributed by atoms with Crippen LogP contribution < -0.4 is 5.32 Å². The fraction of sp³-hybridized carbons (Fsp3) is 0.312. The number of nitrogens with one attached hydrogen (secondary N) is 1. The summed E-state index contributed by atoms with van der Waals surface area (Å²) >= 11 is 5.64. The second-order valence-corrected chi connectivity index (χ2v) is 6.00. The molecule has 0 unspecified atom stereocenters. The lowest BCUT2D eigenvalue weighted by atomic mass is 9.85.